The van der Waals surface area contributed by atoms with Crippen LogP contribution in [0.3, 0.4) is 0 Å². The molecule has 1 aromatic carbocycles. The molecule has 0 unspecified atom stereocenters. The van der Waals surface area contributed by atoms with E-state index in [1.54, 1.807) is 0 Å². The largest absolute Gasteiger partial charge is 0.492 e. The number of anilines is 1. The number of nitrogens with one attached hydrogen (secondary N) is 1. The van der Waals surface area contributed by atoms with Crippen LogP contribution in [0.4, 0.5) is 5.82 Å². The number of nitrogens with two attached hydrogens (primary N) is 1. The fraction of sp³-hybridized carbons (Fsp3) is 0.438. The quantitative estimate of drug-likeness (QED) is 0.823. The smallest absolute Gasteiger partial charge is 0.275 e. The molecule has 1 fully saturated rings. The van der Waals surface area contributed by atoms with Crippen molar-refractivity contribution in [2.45, 2.75) is 25.9 Å². The Labute approximate surface area is 139 Å². The number of hydrogen-bond donors (Lipinski definition) is 2. The Hall–Kier alpha value is -2.61. The van der Waals surface area contributed by atoms with Crippen molar-refractivity contribution in [1.29, 1.82) is 0 Å². The first-order valence-electron chi connectivity index (χ1n) is 8.04. The average molecular weight is 331 g/mol. The lowest BCUT2D eigenvalue weighted by Crippen LogP contribution is -2.32. The zero-order valence-electron chi connectivity index (χ0n) is 13.6. The second-order valence-electron chi connectivity index (χ2n) is 5.48. The highest BCUT2D eigenvalue weighted by Crippen LogP contribution is 2.25. The zero-order chi connectivity index (χ0) is 16.9. The van der Waals surface area contributed by atoms with Crippen molar-refractivity contribution in [3.05, 3.63) is 30.0 Å². The number of aromatic nitrogens is 3. The van der Waals surface area contributed by atoms with Crippen LogP contribution in [-0.4, -0.2) is 46.8 Å². The van der Waals surface area contributed by atoms with E-state index in [0.717, 1.165) is 19.4 Å². The van der Waals surface area contributed by atoms with Crippen LogP contribution in [0.5, 0.6) is 5.75 Å². The maximum Gasteiger partial charge on any atom is 0.275 e. The highest BCUT2D eigenvalue weighted by Gasteiger charge is 2.22. The summed E-state index contributed by atoms with van der Waals surface area (Å²) in [6.45, 7) is 3.60. The van der Waals surface area contributed by atoms with Crippen molar-refractivity contribution in [2.75, 3.05) is 25.5 Å². The standard InChI is InChI=1S/C16H21N5O3/c1-2-23-13-8-4-3-7-12(13)21-15(17)14(19-20-21)16(22)18-10-11-6-5-9-24-11/h3-4,7-8,11H,2,5-6,9-10,17H2,1H3,(H,18,22)/t11-/m1/s1. The highest BCUT2D eigenvalue weighted by molar-refractivity contribution is 5.96. The topological polar surface area (TPSA) is 104 Å². The van der Waals surface area contributed by atoms with Crippen molar-refractivity contribution in [2.24, 2.45) is 0 Å². The van der Waals surface area contributed by atoms with E-state index in [-0.39, 0.29) is 23.5 Å². The number of carbonyl (C=O) groups excluding carboxylic acids is 1. The number of ether oxygens (including phenoxy) is 2. The van der Waals surface area contributed by atoms with Gasteiger partial charge in [0, 0.05) is 13.2 Å². The first-order chi connectivity index (χ1) is 11.7. The van der Waals surface area contributed by atoms with Crippen LogP contribution in [0.15, 0.2) is 24.3 Å². The van der Waals surface area contributed by atoms with Crippen LogP contribution in [0.2, 0.25) is 0 Å². The molecular formula is C16H21N5O3. The number of carbonyl (C=O) groups is 1. The molecule has 0 bridgehead atoms. The van der Waals surface area contributed by atoms with E-state index in [4.69, 9.17) is 15.2 Å². The van der Waals surface area contributed by atoms with E-state index in [2.05, 4.69) is 15.6 Å². The van der Waals surface area contributed by atoms with Gasteiger partial charge in [0.2, 0.25) is 0 Å². The molecule has 0 aliphatic carbocycles. The summed E-state index contributed by atoms with van der Waals surface area (Å²) in [7, 11) is 0. The Morgan fingerprint density at radius 2 is 2.33 bits per heavy atom. The number of benzene rings is 1. The van der Waals surface area contributed by atoms with Crippen molar-refractivity contribution in [1.82, 2.24) is 20.3 Å². The third-order valence-electron chi connectivity index (χ3n) is 3.83. The van der Waals surface area contributed by atoms with Crippen molar-refractivity contribution in [3.63, 3.8) is 0 Å². The molecule has 128 valence electrons. The van der Waals surface area contributed by atoms with Gasteiger partial charge in [-0.3, -0.25) is 4.79 Å². The number of amides is 1. The molecule has 3 rings (SSSR count). The molecule has 1 saturated heterocycles. The average Bonchev–Trinajstić information content (AvgIpc) is 3.23. The summed E-state index contributed by atoms with van der Waals surface area (Å²) < 4.78 is 12.5. The van der Waals surface area contributed by atoms with Gasteiger partial charge in [-0.25, -0.2) is 0 Å². The fourth-order valence-electron chi connectivity index (χ4n) is 2.63. The van der Waals surface area contributed by atoms with E-state index in [0.29, 0.717) is 24.6 Å². The molecule has 1 aliphatic rings. The summed E-state index contributed by atoms with van der Waals surface area (Å²) in [5, 5.41) is 10.7. The minimum absolute atomic E-state index is 0.0592. The molecule has 2 aromatic rings. The number of rotatable bonds is 6. The monoisotopic (exact) mass is 331 g/mol. The van der Waals surface area contributed by atoms with Crippen LogP contribution < -0.4 is 15.8 Å². The van der Waals surface area contributed by atoms with Crippen molar-refractivity contribution >= 4 is 11.7 Å². The molecule has 1 aromatic heterocycles. The summed E-state index contributed by atoms with van der Waals surface area (Å²) in [5.41, 5.74) is 6.81. The minimum Gasteiger partial charge on any atom is -0.492 e. The van der Waals surface area contributed by atoms with Gasteiger partial charge in [-0.05, 0) is 31.9 Å². The summed E-state index contributed by atoms with van der Waals surface area (Å²) in [5.74, 6) is 0.443. The molecule has 8 heteroatoms. The second-order valence-corrected chi connectivity index (χ2v) is 5.48. The summed E-state index contributed by atoms with van der Waals surface area (Å²) in [6.07, 6.45) is 2.03. The minimum atomic E-state index is -0.358. The molecule has 3 N–H and O–H groups in total. The fourth-order valence-corrected chi connectivity index (χ4v) is 2.63. The molecule has 1 atom stereocenters. The molecule has 0 radical (unpaired) electrons. The van der Waals surface area contributed by atoms with Crippen LogP contribution in [-0.2, 0) is 4.74 Å². The van der Waals surface area contributed by atoms with Gasteiger partial charge < -0.3 is 20.5 Å². The van der Waals surface area contributed by atoms with E-state index < -0.39 is 0 Å². The molecule has 24 heavy (non-hydrogen) atoms. The Balaban J connectivity index is 1.77. The van der Waals surface area contributed by atoms with Crippen LogP contribution >= 0.6 is 0 Å². The number of nitrogen functional groups attached to an aromatic ring is 1. The van der Waals surface area contributed by atoms with E-state index >= 15 is 0 Å². The van der Waals surface area contributed by atoms with Gasteiger partial charge in [-0.2, -0.15) is 4.68 Å². The van der Waals surface area contributed by atoms with Crippen LogP contribution in [0.1, 0.15) is 30.3 Å². The molecular weight excluding hydrogens is 310 g/mol. The third-order valence-corrected chi connectivity index (χ3v) is 3.83. The molecule has 1 amide bonds. The number of nitrogens with zero attached hydrogens (tertiary/aromatic N) is 3. The first kappa shape index (κ1) is 16.3. The van der Waals surface area contributed by atoms with Crippen LogP contribution in [0.25, 0.3) is 5.69 Å². The molecule has 8 nitrogen and oxygen atoms in total. The van der Waals surface area contributed by atoms with Gasteiger partial charge in [0.25, 0.3) is 5.91 Å². The molecule has 0 saturated carbocycles. The summed E-state index contributed by atoms with van der Waals surface area (Å²) in [6, 6.07) is 7.33. The van der Waals surface area contributed by atoms with Gasteiger partial charge in [0.15, 0.2) is 11.5 Å². The van der Waals surface area contributed by atoms with Gasteiger partial charge >= 0.3 is 0 Å². The normalized spacial score (nSPS) is 17.0. The SMILES string of the molecule is CCOc1ccccc1-n1nnc(C(=O)NC[C@H]2CCCO2)c1N. The van der Waals surface area contributed by atoms with Crippen molar-refractivity contribution in [3.8, 4) is 11.4 Å². The lowest BCUT2D eigenvalue weighted by atomic mass is 10.2. The molecule has 0 spiro atoms. The Morgan fingerprint density at radius 1 is 1.50 bits per heavy atom. The zero-order valence-corrected chi connectivity index (χ0v) is 13.6. The number of hydrogen-bond acceptors (Lipinski definition) is 6. The first-order valence-corrected chi connectivity index (χ1v) is 8.04. The Morgan fingerprint density at radius 3 is 3.08 bits per heavy atom. The van der Waals surface area contributed by atoms with E-state index in [1.165, 1.54) is 4.68 Å². The second kappa shape index (κ2) is 7.31. The lowest BCUT2D eigenvalue weighted by molar-refractivity contribution is 0.0854. The molecule has 1 aliphatic heterocycles. The van der Waals surface area contributed by atoms with E-state index in [9.17, 15) is 4.79 Å². The number of para-hydroxylation sites is 2. The van der Waals surface area contributed by atoms with Crippen LogP contribution in [0, 0.1) is 0 Å². The van der Waals surface area contributed by atoms with Crippen molar-refractivity contribution < 1.29 is 14.3 Å². The van der Waals surface area contributed by atoms with E-state index in [1.807, 2.05) is 31.2 Å². The lowest BCUT2D eigenvalue weighted by Gasteiger charge is -2.11. The Kier molecular flexibility index (Phi) is 4.95. The predicted molar refractivity (Wildman–Crippen MR) is 88.2 cm³/mol. The van der Waals surface area contributed by atoms with Gasteiger partial charge in [0.05, 0.1) is 12.7 Å². The highest BCUT2D eigenvalue weighted by atomic mass is 16.5. The third kappa shape index (κ3) is 3.33. The van der Waals surface area contributed by atoms with Gasteiger partial charge in [0.1, 0.15) is 11.4 Å². The maximum atomic E-state index is 12.3. The van der Waals surface area contributed by atoms with Gasteiger partial charge in [-0.15, -0.1) is 5.10 Å². The predicted octanol–water partition coefficient (Wildman–Crippen LogP) is 1.16. The summed E-state index contributed by atoms with van der Waals surface area (Å²) in [4.78, 5) is 12.3. The van der Waals surface area contributed by atoms with Gasteiger partial charge in [-0.1, -0.05) is 17.3 Å². The maximum absolute atomic E-state index is 12.3. The molecule has 2 heterocycles. The summed E-state index contributed by atoms with van der Waals surface area (Å²) >= 11 is 0. The Bertz CT molecular complexity index is 709.